The van der Waals surface area contributed by atoms with E-state index in [0.29, 0.717) is 9.23 Å². The van der Waals surface area contributed by atoms with Crippen LogP contribution in [0.1, 0.15) is 17.0 Å². The second kappa shape index (κ2) is 5.62. The van der Waals surface area contributed by atoms with Crippen LogP contribution in [-0.4, -0.2) is 19.9 Å². The minimum absolute atomic E-state index is 0.164. The minimum Gasteiger partial charge on any atom is -0.506 e. The highest BCUT2D eigenvalue weighted by atomic mass is 32.2. The first-order valence-corrected chi connectivity index (χ1v) is 7.92. The number of amides is 1. The maximum Gasteiger partial charge on any atom is 0.263 e. The number of thioether (sulfide) groups is 1. The van der Waals surface area contributed by atoms with Crippen molar-refractivity contribution >= 4 is 40.3 Å². The van der Waals surface area contributed by atoms with E-state index in [1.54, 1.807) is 12.1 Å². The molecule has 1 amide bonds. The van der Waals surface area contributed by atoms with Crippen molar-refractivity contribution in [2.24, 2.45) is 0 Å². The fourth-order valence-electron chi connectivity index (χ4n) is 2.52. The Labute approximate surface area is 137 Å². The highest BCUT2D eigenvalue weighted by molar-refractivity contribution is 8.26. The van der Waals surface area contributed by atoms with Gasteiger partial charge < -0.3 is 15.0 Å². The van der Waals surface area contributed by atoms with E-state index in [1.807, 2.05) is 42.7 Å². The lowest BCUT2D eigenvalue weighted by molar-refractivity contribution is -0.115. The van der Waals surface area contributed by atoms with E-state index in [4.69, 9.17) is 12.2 Å². The highest BCUT2D eigenvalue weighted by Gasteiger charge is 2.23. The topological polar surface area (TPSA) is 54.3 Å². The van der Waals surface area contributed by atoms with Crippen LogP contribution in [0.25, 0.3) is 11.8 Å². The number of para-hydroxylation sites is 2. The zero-order valence-electron chi connectivity index (χ0n) is 12.1. The van der Waals surface area contributed by atoms with Crippen molar-refractivity contribution in [2.45, 2.75) is 13.8 Å². The summed E-state index contributed by atoms with van der Waals surface area (Å²) in [6, 6.07) is 9.18. The monoisotopic (exact) mass is 330 g/mol. The molecule has 2 N–H and O–H groups in total. The molecule has 1 aromatic heterocycles. The summed E-state index contributed by atoms with van der Waals surface area (Å²) in [5, 5.41) is 12.7. The Morgan fingerprint density at radius 3 is 2.68 bits per heavy atom. The lowest BCUT2D eigenvalue weighted by Crippen LogP contribution is -2.17. The number of hydrogen-bond acceptors (Lipinski definition) is 4. The number of phenolic OH excluding ortho intramolecular Hbond substituents is 1. The van der Waals surface area contributed by atoms with Gasteiger partial charge in [0, 0.05) is 11.4 Å². The van der Waals surface area contributed by atoms with Crippen LogP contribution in [0.4, 0.5) is 0 Å². The van der Waals surface area contributed by atoms with Gasteiger partial charge in [-0.05, 0) is 43.7 Å². The first kappa shape index (κ1) is 14.9. The van der Waals surface area contributed by atoms with Crippen molar-refractivity contribution in [2.75, 3.05) is 0 Å². The van der Waals surface area contributed by atoms with Gasteiger partial charge in [-0.3, -0.25) is 4.79 Å². The van der Waals surface area contributed by atoms with E-state index in [0.717, 1.165) is 22.6 Å². The molecule has 0 spiro atoms. The zero-order chi connectivity index (χ0) is 15.9. The molecule has 1 saturated heterocycles. The third-order valence-corrected chi connectivity index (χ3v) is 4.68. The number of aryl methyl sites for hydroxylation is 1. The fraction of sp³-hybridized carbons (Fsp3) is 0.125. The Kier molecular flexibility index (Phi) is 3.80. The van der Waals surface area contributed by atoms with Gasteiger partial charge in [-0.1, -0.05) is 36.1 Å². The maximum atomic E-state index is 11.8. The first-order valence-electron chi connectivity index (χ1n) is 6.69. The Morgan fingerprint density at radius 2 is 2.05 bits per heavy atom. The van der Waals surface area contributed by atoms with Crippen LogP contribution < -0.4 is 5.32 Å². The van der Waals surface area contributed by atoms with Gasteiger partial charge in [-0.25, -0.2) is 0 Å². The van der Waals surface area contributed by atoms with Gasteiger partial charge in [0.15, 0.2) is 0 Å². The predicted octanol–water partition coefficient (Wildman–Crippen LogP) is 3.29. The summed E-state index contributed by atoms with van der Waals surface area (Å²) in [5.74, 6) is 0.0556. The van der Waals surface area contributed by atoms with Crippen LogP contribution in [-0.2, 0) is 4.79 Å². The van der Waals surface area contributed by atoms with E-state index in [-0.39, 0.29) is 11.7 Å². The van der Waals surface area contributed by atoms with Crippen LogP contribution in [0.15, 0.2) is 35.2 Å². The van der Waals surface area contributed by atoms with Gasteiger partial charge in [0.05, 0.1) is 10.6 Å². The molecule has 1 aliphatic heterocycles. The second-order valence-corrected chi connectivity index (χ2v) is 6.72. The molecule has 112 valence electrons. The normalized spacial score (nSPS) is 16.4. The number of aromatic hydroxyl groups is 1. The Morgan fingerprint density at radius 1 is 1.32 bits per heavy atom. The fourth-order valence-corrected chi connectivity index (χ4v) is 3.56. The average molecular weight is 330 g/mol. The molecular formula is C16H14N2O2S2. The lowest BCUT2D eigenvalue weighted by atomic mass is 10.2. The molecule has 1 aliphatic rings. The van der Waals surface area contributed by atoms with E-state index in [2.05, 4.69) is 5.32 Å². The summed E-state index contributed by atoms with van der Waals surface area (Å²) in [7, 11) is 0. The number of nitrogens with zero attached hydrogens (tertiary/aromatic N) is 1. The largest absolute Gasteiger partial charge is 0.506 e. The third kappa shape index (κ3) is 2.55. The molecule has 22 heavy (non-hydrogen) atoms. The first-order chi connectivity index (χ1) is 10.5. The number of rotatable bonds is 2. The number of nitrogens with one attached hydrogen (secondary N) is 1. The average Bonchev–Trinajstić information content (AvgIpc) is 2.91. The van der Waals surface area contributed by atoms with Crippen molar-refractivity contribution in [3.05, 3.63) is 52.2 Å². The Bertz CT molecular complexity index is 822. The van der Waals surface area contributed by atoms with E-state index < -0.39 is 0 Å². The summed E-state index contributed by atoms with van der Waals surface area (Å²) in [6.45, 7) is 3.93. The second-order valence-electron chi connectivity index (χ2n) is 5.00. The van der Waals surface area contributed by atoms with E-state index in [9.17, 15) is 9.90 Å². The SMILES string of the molecule is Cc1cc(C=C2SC(=S)NC2=O)c(C)n1-c1ccccc1O. The van der Waals surface area contributed by atoms with Gasteiger partial charge in [0.25, 0.3) is 5.91 Å². The van der Waals surface area contributed by atoms with Crippen molar-refractivity contribution in [1.29, 1.82) is 0 Å². The molecular weight excluding hydrogens is 316 g/mol. The van der Waals surface area contributed by atoms with Crippen LogP contribution in [0.2, 0.25) is 0 Å². The molecule has 2 heterocycles. The van der Waals surface area contributed by atoms with E-state index in [1.165, 1.54) is 11.8 Å². The van der Waals surface area contributed by atoms with Crippen molar-refractivity contribution in [3.63, 3.8) is 0 Å². The highest BCUT2D eigenvalue weighted by Crippen LogP contribution is 2.31. The molecule has 2 aromatic rings. The number of phenols is 1. The van der Waals surface area contributed by atoms with Gasteiger partial charge in [0.1, 0.15) is 10.1 Å². The van der Waals surface area contributed by atoms with Gasteiger partial charge in [0.2, 0.25) is 0 Å². The standard InChI is InChI=1S/C16H14N2O2S2/c1-9-7-11(8-14-15(20)17-16(21)22-14)10(2)18(9)12-5-3-4-6-13(12)19/h3-8,19H,1-2H3,(H,17,20,21). The van der Waals surface area contributed by atoms with Crippen LogP contribution in [0, 0.1) is 13.8 Å². The van der Waals surface area contributed by atoms with Crippen LogP contribution in [0.5, 0.6) is 5.75 Å². The summed E-state index contributed by atoms with van der Waals surface area (Å²) in [4.78, 5) is 12.4. The number of benzene rings is 1. The van der Waals surface area contributed by atoms with Crippen molar-refractivity contribution < 1.29 is 9.90 Å². The molecule has 0 saturated carbocycles. The van der Waals surface area contributed by atoms with Gasteiger partial charge in [-0.2, -0.15) is 0 Å². The molecule has 1 aromatic carbocycles. The molecule has 3 rings (SSSR count). The molecule has 0 bridgehead atoms. The van der Waals surface area contributed by atoms with Crippen LogP contribution in [0.3, 0.4) is 0 Å². The minimum atomic E-state index is -0.164. The Balaban J connectivity index is 2.09. The summed E-state index contributed by atoms with van der Waals surface area (Å²) < 4.78 is 2.45. The Hall–Kier alpha value is -2.05. The van der Waals surface area contributed by atoms with Crippen LogP contribution >= 0.6 is 24.0 Å². The number of carbonyl (C=O) groups is 1. The predicted molar refractivity (Wildman–Crippen MR) is 93.2 cm³/mol. The molecule has 0 unspecified atom stereocenters. The summed E-state index contributed by atoms with van der Waals surface area (Å²) in [5.41, 5.74) is 3.60. The smallest absolute Gasteiger partial charge is 0.263 e. The molecule has 1 fully saturated rings. The number of hydrogen-bond donors (Lipinski definition) is 2. The van der Waals surface area contributed by atoms with Crippen molar-refractivity contribution in [3.8, 4) is 11.4 Å². The van der Waals surface area contributed by atoms with E-state index >= 15 is 0 Å². The summed E-state index contributed by atoms with van der Waals surface area (Å²) >= 11 is 6.26. The number of carbonyl (C=O) groups excluding carboxylic acids is 1. The maximum absolute atomic E-state index is 11.8. The third-order valence-electron chi connectivity index (χ3n) is 3.52. The van der Waals surface area contributed by atoms with Crippen molar-refractivity contribution in [1.82, 2.24) is 9.88 Å². The lowest BCUT2D eigenvalue weighted by Gasteiger charge is -2.11. The number of aromatic nitrogens is 1. The molecule has 4 nitrogen and oxygen atoms in total. The van der Waals surface area contributed by atoms with Gasteiger partial charge in [-0.15, -0.1) is 0 Å². The number of thiocarbonyl (C=S) groups is 1. The van der Waals surface area contributed by atoms with Gasteiger partial charge >= 0.3 is 0 Å². The molecule has 0 aliphatic carbocycles. The molecule has 0 radical (unpaired) electrons. The quantitative estimate of drug-likeness (QED) is 0.655. The summed E-state index contributed by atoms with van der Waals surface area (Å²) in [6.07, 6.45) is 1.83. The molecule has 0 atom stereocenters. The zero-order valence-corrected chi connectivity index (χ0v) is 13.7. The molecule has 6 heteroatoms.